The zero-order valence-corrected chi connectivity index (χ0v) is 16.0. The SMILES string of the molecule is CCCCOc1cccc(N/C=C(/C#N)c2nc(-c3ccccc3)cs2)c1. The van der Waals surface area contributed by atoms with Crippen molar-refractivity contribution in [2.45, 2.75) is 19.8 Å². The van der Waals surface area contributed by atoms with Crippen molar-refractivity contribution in [3.8, 4) is 23.1 Å². The number of allylic oxidation sites excluding steroid dienone is 1. The Labute approximate surface area is 163 Å². The summed E-state index contributed by atoms with van der Waals surface area (Å²) in [5, 5.41) is 15.4. The molecule has 0 saturated heterocycles. The van der Waals surface area contributed by atoms with Gasteiger partial charge in [0.2, 0.25) is 0 Å². The standard InChI is InChI=1S/C22H21N3OS/c1-2-3-12-26-20-11-7-10-19(13-20)24-15-18(14-23)22-25-21(16-27-22)17-8-5-4-6-9-17/h4-11,13,15-16,24H,2-3,12H2,1H3/b18-15-. The molecule has 1 heterocycles. The predicted octanol–water partition coefficient (Wildman–Crippen LogP) is 5.97. The highest BCUT2D eigenvalue weighted by Crippen LogP contribution is 2.26. The molecule has 0 aliphatic heterocycles. The lowest BCUT2D eigenvalue weighted by Crippen LogP contribution is -1.97. The van der Waals surface area contributed by atoms with Crippen LogP contribution in [-0.4, -0.2) is 11.6 Å². The average Bonchev–Trinajstić information content (AvgIpc) is 3.20. The predicted molar refractivity (Wildman–Crippen MR) is 112 cm³/mol. The van der Waals surface area contributed by atoms with Gasteiger partial charge in [0, 0.05) is 28.9 Å². The first-order chi connectivity index (χ1) is 13.3. The van der Waals surface area contributed by atoms with Gasteiger partial charge in [0.05, 0.1) is 12.3 Å². The van der Waals surface area contributed by atoms with Crippen molar-refractivity contribution in [1.82, 2.24) is 4.98 Å². The van der Waals surface area contributed by atoms with Crippen molar-refractivity contribution >= 4 is 22.6 Å². The molecule has 0 saturated carbocycles. The summed E-state index contributed by atoms with van der Waals surface area (Å²) in [5.41, 5.74) is 3.29. The molecular formula is C22H21N3OS. The number of unbranched alkanes of at least 4 members (excludes halogenated alkanes) is 1. The third-order valence-corrected chi connectivity index (χ3v) is 4.78. The number of rotatable bonds is 8. The van der Waals surface area contributed by atoms with Crippen LogP contribution >= 0.6 is 11.3 Å². The Morgan fingerprint density at radius 2 is 2.07 bits per heavy atom. The monoisotopic (exact) mass is 375 g/mol. The first kappa shape index (κ1) is 18.7. The summed E-state index contributed by atoms with van der Waals surface area (Å²) in [5.74, 6) is 0.820. The Hall–Kier alpha value is -3.10. The molecule has 0 aliphatic carbocycles. The molecule has 5 heteroatoms. The van der Waals surface area contributed by atoms with Crippen LogP contribution in [0.2, 0.25) is 0 Å². The molecule has 0 spiro atoms. The summed E-state index contributed by atoms with van der Waals surface area (Å²) in [4.78, 5) is 4.59. The van der Waals surface area contributed by atoms with Gasteiger partial charge < -0.3 is 10.1 Å². The number of nitrogens with one attached hydrogen (secondary N) is 1. The van der Waals surface area contributed by atoms with E-state index in [0.29, 0.717) is 17.2 Å². The zero-order chi connectivity index (χ0) is 18.9. The number of nitriles is 1. The summed E-state index contributed by atoms with van der Waals surface area (Å²) < 4.78 is 5.72. The smallest absolute Gasteiger partial charge is 0.136 e. The van der Waals surface area contributed by atoms with Gasteiger partial charge in [0.15, 0.2) is 0 Å². The second-order valence-electron chi connectivity index (χ2n) is 5.95. The number of ether oxygens (including phenoxy) is 1. The Bertz CT molecular complexity index is 941. The van der Waals surface area contributed by atoms with E-state index in [1.54, 1.807) is 6.20 Å². The minimum absolute atomic E-state index is 0.500. The molecule has 1 aromatic heterocycles. The number of anilines is 1. The molecule has 3 aromatic rings. The van der Waals surface area contributed by atoms with E-state index in [1.165, 1.54) is 11.3 Å². The molecule has 3 rings (SSSR count). The Balaban J connectivity index is 1.71. The van der Waals surface area contributed by atoms with E-state index in [2.05, 4.69) is 23.3 Å². The number of aromatic nitrogens is 1. The summed E-state index contributed by atoms with van der Waals surface area (Å²) in [7, 11) is 0. The maximum Gasteiger partial charge on any atom is 0.136 e. The van der Waals surface area contributed by atoms with E-state index < -0.39 is 0 Å². The molecule has 0 unspecified atom stereocenters. The molecule has 2 aromatic carbocycles. The normalized spacial score (nSPS) is 11.0. The maximum absolute atomic E-state index is 9.52. The van der Waals surface area contributed by atoms with E-state index in [1.807, 2.05) is 60.0 Å². The first-order valence-corrected chi connectivity index (χ1v) is 9.79. The van der Waals surface area contributed by atoms with Gasteiger partial charge in [0.1, 0.15) is 22.4 Å². The summed E-state index contributed by atoms with van der Waals surface area (Å²) >= 11 is 1.46. The Kier molecular flexibility index (Phi) is 6.61. The van der Waals surface area contributed by atoms with Crippen molar-refractivity contribution < 1.29 is 4.74 Å². The first-order valence-electron chi connectivity index (χ1n) is 8.91. The van der Waals surface area contributed by atoms with Crippen molar-refractivity contribution in [3.05, 3.63) is 71.2 Å². The lowest BCUT2D eigenvalue weighted by molar-refractivity contribution is 0.309. The number of thiazole rings is 1. The minimum atomic E-state index is 0.500. The van der Waals surface area contributed by atoms with Gasteiger partial charge in [-0.1, -0.05) is 49.7 Å². The Morgan fingerprint density at radius 3 is 2.85 bits per heavy atom. The van der Waals surface area contributed by atoms with Crippen LogP contribution in [0.15, 0.2) is 66.2 Å². The third kappa shape index (κ3) is 5.19. The Morgan fingerprint density at radius 1 is 1.22 bits per heavy atom. The highest BCUT2D eigenvalue weighted by Gasteiger charge is 2.08. The van der Waals surface area contributed by atoms with E-state index in [0.717, 1.165) is 35.5 Å². The molecule has 0 fully saturated rings. The molecule has 1 N–H and O–H groups in total. The fourth-order valence-corrected chi connectivity index (χ4v) is 3.24. The molecule has 0 bridgehead atoms. The van der Waals surface area contributed by atoms with Crippen LogP contribution < -0.4 is 10.1 Å². The van der Waals surface area contributed by atoms with Crippen LogP contribution in [0, 0.1) is 11.3 Å². The highest BCUT2D eigenvalue weighted by atomic mass is 32.1. The van der Waals surface area contributed by atoms with Gasteiger partial charge >= 0.3 is 0 Å². The van der Waals surface area contributed by atoms with E-state index in [-0.39, 0.29) is 0 Å². The van der Waals surface area contributed by atoms with Crippen LogP contribution in [0.5, 0.6) is 5.75 Å². The van der Waals surface area contributed by atoms with Crippen LogP contribution in [0.1, 0.15) is 24.8 Å². The zero-order valence-electron chi connectivity index (χ0n) is 15.2. The minimum Gasteiger partial charge on any atom is -0.494 e. The van der Waals surface area contributed by atoms with Crippen LogP contribution in [0.4, 0.5) is 5.69 Å². The molecule has 136 valence electrons. The number of hydrogen-bond acceptors (Lipinski definition) is 5. The van der Waals surface area contributed by atoms with Gasteiger partial charge in [-0.3, -0.25) is 0 Å². The van der Waals surface area contributed by atoms with Crippen LogP contribution in [-0.2, 0) is 0 Å². The topological polar surface area (TPSA) is 57.9 Å². The fourth-order valence-electron chi connectivity index (χ4n) is 2.45. The van der Waals surface area contributed by atoms with Crippen molar-refractivity contribution in [3.63, 3.8) is 0 Å². The van der Waals surface area contributed by atoms with Crippen LogP contribution in [0.25, 0.3) is 16.8 Å². The van der Waals surface area contributed by atoms with Crippen molar-refractivity contribution in [1.29, 1.82) is 5.26 Å². The summed E-state index contributed by atoms with van der Waals surface area (Å²) in [6.45, 7) is 2.85. The summed E-state index contributed by atoms with van der Waals surface area (Å²) in [6, 6.07) is 19.9. The van der Waals surface area contributed by atoms with Gasteiger partial charge in [-0.15, -0.1) is 11.3 Å². The lowest BCUT2D eigenvalue weighted by Gasteiger charge is -2.07. The lowest BCUT2D eigenvalue weighted by atomic mass is 10.2. The van der Waals surface area contributed by atoms with E-state index in [4.69, 9.17) is 4.74 Å². The van der Waals surface area contributed by atoms with Crippen molar-refractivity contribution in [2.24, 2.45) is 0 Å². The molecule has 4 nitrogen and oxygen atoms in total. The van der Waals surface area contributed by atoms with Gasteiger partial charge in [0.25, 0.3) is 0 Å². The molecular weight excluding hydrogens is 354 g/mol. The molecule has 27 heavy (non-hydrogen) atoms. The number of benzene rings is 2. The van der Waals surface area contributed by atoms with Gasteiger partial charge in [-0.25, -0.2) is 4.98 Å². The second kappa shape index (κ2) is 9.56. The number of hydrogen-bond donors (Lipinski definition) is 1. The molecule has 0 radical (unpaired) electrons. The molecule has 0 atom stereocenters. The van der Waals surface area contributed by atoms with Gasteiger partial charge in [-0.2, -0.15) is 5.26 Å². The quantitative estimate of drug-likeness (QED) is 0.389. The van der Waals surface area contributed by atoms with E-state index in [9.17, 15) is 5.26 Å². The van der Waals surface area contributed by atoms with E-state index >= 15 is 0 Å². The number of nitrogens with zero attached hydrogens (tertiary/aromatic N) is 2. The van der Waals surface area contributed by atoms with Crippen molar-refractivity contribution in [2.75, 3.05) is 11.9 Å². The third-order valence-electron chi connectivity index (χ3n) is 3.91. The second-order valence-corrected chi connectivity index (χ2v) is 6.81. The van der Waals surface area contributed by atoms with Crippen LogP contribution in [0.3, 0.4) is 0 Å². The summed E-state index contributed by atoms with van der Waals surface area (Å²) in [6.07, 6.45) is 3.83. The highest BCUT2D eigenvalue weighted by molar-refractivity contribution is 7.11. The maximum atomic E-state index is 9.52. The molecule has 0 amide bonds. The molecule has 0 aliphatic rings. The van der Waals surface area contributed by atoms with Gasteiger partial charge in [-0.05, 0) is 18.6 Å². The largest absolute Gasteiger partial charge is 0.494 e. The average molecular weight is 375 g/mol. The fraction of sp³-hybridized carbons (Fsp3) is 0.182.